The lowest BCUT2D eigenvalue weighted by atomic mass is 9.44. The Kier molecular flexibility index (Phi) is 5.93. The van der Waals surface area contributed by atoms with Gasteiger partial charge in [-0.05, 0) is 93.1 Å². The van der Waals surface area contributed by atoms with Crippen LogP contribution in [0, 0.1) is 40.4 Å². The minimum absolute atomic E-state index is 0.0381. The van der Waals surface area contributed by atoms with E-state index in [1.54, 1.807) is 19.1 Å². The van der Waals surface area contributed by atoms with Gasteiger partial charge in [-0.3, -0.25) is 9.35 Å². The van der Waals surface area contributed by atoms with E-state index in [9.17, 15) is 23.1 Å². The predicted octanol–water partition coefficient (Wildman–Crippen LogP) is 3.18. The van der Waals surface area contributed by atoms with Gasteiger partial charge >= 0.3 is 16.4 Å². The quantitative estimate of drug-likeness (QED) is 0.300. The number of cyclic esters (lactones) is 1. The lowest BCUT2D eigenvalue weighted by molar-refractivity contribution is -0.155. The van der Waals surface area contributed by atoms with E-state index in [1.807, 2.05) is 6.92 Å². The third-order valence-electron chi connectivity index (χ3n) is 11.8. The zero-order valence-corrected chi connectivity index (χ0v) is 23.2. The third-order valence-corrected chi connectivity index (χ3v) is 12.2. The largest absolute Gasteiger partial charge is 0.458 e. The molecule has 9 nitrogen and oxygen atoms in total. The monoisotopic (exact) mass is 550 g/mol. The molecule has 5 unspecified atom stereocenters. The maximum absolute atomic E-state index is 13.3. The molecule has 4 aliphatic carbocycles. The molecule has 38 heavy (non-hydrogen) atoms. The molecular formula is C28H38O9S. The lowest BCUT2D eigenvalue weighted by Crippen LogP contribution is -2.63. The summed E-state index contributed by atoms with van der Waals surface area (Å²) < 4.78 is 47.3. The molecule has 0 aromatic heterocycles. The van der Waals surface area contributed by atoms with Crippen molar-refractivity contribution in [2.24, 2.45) is 40.4 Å². The Balaban J connectivity index is 1.21. The van der Waals surface area contributed by atoms with Crippen molar-refractivity contribution in [1.29, 1.82) is 0 Å². The van der Waals surface area contributed by atoms with E-state index in [2.05, 4.69) is 18.0 Å². The highest BCUT2D eigenvalue weighted by atomic mass is 32.3. The number of esters is 1. The average molecular weight is 551 g/mol. The highest BCUT2D eigenvalue weighted by Crippen LogP contribution is 2.73. The van der Waals surface area contributed by atoms with Gasteiger partial charge in [0.15, 0.2) is 5.78 Å². The zero-order valence-electron chi connectivity index (χ0n) is 22.4. The molecule has 0 bridgehead atoms. The molecule has 0 amide bonds. The van der Waals surface area contributed by atoms with Gasteiger partial charge in [-0.25, -0.2) is 8.98 Å². The summed E-state index contributed by atoms with van der Waals surface area (Å²) in [5.74, 6) is 0.864. The molecule has 210 valence electrons. The maximum atomic E-state index is 13.3. The van der Waals surface area contributed by atoms with Gasteiger partial charge in [-0.15, -0.1) is 0 Å². The Hall–Kier alpha value is -1.59. The van der Waals surface area contributed by atoms with Crippen molar-refractivity contribution in [3.63, 3.8) is 0 Å². The molecule has 6 rings (SSSR count). The minimum atomic E-state index is -4.65. The van der Waals surface area contributed by atoms with Gasteiger partial charge in [0, 0.05) is 6.42 Å². The SMILES string of the molecule is CC1=C(COS(=O)(=O)O)C(=O)OC([C@@H](C)C2CCC3C4C[C@H]5O[C@]56[C@@H](O)C=CC(=O)[C@]6(C)C4CC[C@@]32C)C1. The topological polar surface area (TPSA) is 140 Å². The number of allylic oxidation sites excluding steroid dienone is 1. The van der Waals surface area contributed by atoms with Gasteiger partial charge in [-0.1, -0.05) is 19.4 Å². The van der Waals surface area contributed by atoms with Crippen LogP contribution in [0.2, 0.25) is 0 Å². The van der Waals surface area contributed by atoms with E-state index in [1.165, 1.54) is 0 Å². The molecule has 6 aliphatic rings. The van der Waals surface area contributed by atoms with Crippen molar-refractivity contribution in [1.82, 2.24) is 0 Å². The molecular weight excluding hydrogens is 512 g/mol. The van der Waals surface area contributed by atoms with E-state index >= 15 is 0 Å². The lowest BCUT2D eigenvalue weighted by Gasteiger charge is -2.58. The summed E-state index contributed by atoms with van der Waals surface area (Å²) in [6.45, 7) is 7.79. The van der Waals surface area contributed by atoms with Crippen molar-refractivity contribution in [3.8, 4) is 0 Å². The average Bonchev–Trinajstić information content (AvgIpc) is 3.47. The van der Waals surface area contributed by atoms with Gasteiger partial charge < -0.3 is 14.6 Å². The van der Waals surface area contributed by atoms with Crippen LogP contribution in [0.25, 0.3) is 0 Å². The predicted molar refractivity (Wildman–Crippen MR) is 135 cm³/mol. The highest BCUT2D eigenvalue weighted by molar-refractivity contribution is 7.80. The molecule has 2 aliphatic heterocycles. The van der Waals surface area contributed by atoms with Crippen LogP contribution < -0.4 is 0 Å². The second kappa shape index (κ2) is 8.46. The molecule has 1 spiro atoms. The van der Waals surface area contributed by atoms with Gasteiger partial charge in [0.05, 0.1) is 17.1 Å². The first-order chi connectivity index (χ1) is 17.7. The molecule has 3 saturated carbocycles. The Morgan fingerprint density at radius 2 is 1.92 bits per heavy atom. The summed E-state index contributed by atoms with van der Waals surface area (Å²) in [7, 11) is -4.65. The van der Waals surface area contributed by atoms with E-state index in [-0.39, 0.29) is 40.8 Å². The number of aliphatic hydroxyl groups is 1. The van der Waals surface area contributed by atoms with Crippen LogP contribution in [0.4, 0.5) is 0 Å². The summed E-state index contributed by atoms with van der Waals surface area (Å²) in [6, 6.07) is 0. The van der Waals surface area contributed by atoms with Gasteiger partial charge in [-0.2, -0.15) is 8.42 Å². The number of aliphatic hydroxyl groups excluding tert-OH is 1. The normalized spacial score (nSPS) is 48.5. The van der Waals surface area contributed by atoms with Crippen LogP contribution in [0.15, 0.2) is 23.3 Å². The summed E-state index contributed by atoms with van der Waals surface area (Å²) in [6.07, 6.45) is 7.33. The van der Waals surface area contributed by atoms with Crippen LogP contribution >= 0.6 is 0 Å². The number of carbonyl (C=O) groups excluding carboxylic acids is 2. The van der Waals surface area contributed by atoms with Crippen LogP contribution in [0.1, 0.15) is 66.2 Å². The van der Waals surface area contributed by atoms with Crippen LogP contribution in [0.5, 0.6) is 0 Å². The standard InChI is InChI=1S/C28H38O9S/c1-14-11-21(36-25(31)17(14)13-35-38(32,33)34)15(2)18-5-6-19-16-12-24-28(37-24)23(30)8-7-22(29)27(28,4)20(16)9-10-26(18,19)3/h7-8,15-16,18-21,23-24,30H,5-6,9-13H2,1-4H3,(H,32,33,34)/t15-,16?,18?,19?,20?,21?,23-,24+,26+,27-,28+/m0/s1. The fourth-order valence-electron chi connectivity index (χ4n) is 9.81. The fourth-order valence-corrected chi connectivity index (χ4v) is 10.1. The molecule has 2 heterocycles. The number of epoxide rings is 1. The minimum Gasteiger partial charge on any atom is -0.458 e. The molecule has 0 aromatic rings. The van der Waals surface area contributed by atoms with Crippen molar-refractivity contribution in [2.45, 2.75) is 90.1 Å². The molecule has 1 saturated heterocycles. The second-order valence-electron chi connectivity index (χ2n) is 13.1. The van der Waals surface area contributed by atoms with Crippen molar-refractivity contribution < 1.29 is 41.3 Å². The number of carbonyl (C=O) groups is 2. The molecule has 4 fully saturated rings. The van der Waals surface area contributed by atoms with Crippen molar-refractivity contribution in [3.05, 3.63) is 23.3 Å². The summed E-state index contributed by atoms with van der Waals surface area (Å²) >= 11 is 0. The van der Waals surface area contributed by atoms with Gasteiger partial charge in [0.25, 0.3) is 0 Å². The van der Waals surface area contributed by atoms with Gasteiger partial charge in [0.2, 0.25) is 0 Å². The zero-order chi connectivity index (χ0) is 27.4. The highest BCUT2D eigenvalue weighted by Gasteiger charge is 2.80. The number of rotatable bonds is 5. The molecule has 2 N–H and O–H groups in total. The first-order valence-corrected chi connectivity index (χ1v) is 15.2. The smallest absolute Gasteiger partial charge is 0.397 e. The summed E-state index contributed by atoms with van der Waals surface area (Å²) in [5, 5.41) is 10.9. The molecule has 0 aromatic carbocycles. The Labute approximate surface area is 223 Å². The Morgan fingerprint density at radius 3 is 2.61 bits per heavy atom. The van der Waals surface area contributed by atoms with Crippen LogP contribution in [0.3, 0.4) is 0 Å². The maximum Gasteiger partial charge on any atom is 0.397 e. The van der Waals surface area contributed by atoms with E-state index < -0.39 is 40.1 Å². The number of hydrogen-bond donors (Lipinski definition) is 2. The first-order valence-electron chi connectivity index (χ1n) is 13.8. The van der Waals surface area contributed by atoms with Crippen molar-refractivity contribution in [2.75, 3.05) is 6.61 Å². The first kappa shape index (κ1) is 26.6. The Morgan fingerprint density at radius 1 is 1.18 bits per heavy atom. The fraction of sp³-hybridized carbons (Fsp3) is 0.786. The Bertz CT molecular complexity index is 1240. The van der Waals surface area contributed by atoms with Crippen LogP contribution in [-0.2, 0) is 33.6 Å². The van der Waals surface area contributed by atoms with Gasteiger partial charge in [0.1, 0.15) is 24.4 Å². The molecule has 11 atom stereocenters. The summed E-state index contributed by atoms with van der Waals surface area (Å²) in [4.78, 5) is 26.1. The van der Waals surface area contributed by atoms with Crippen LogP contribution in [-0.4, -0.2) is 60.3 Å². The van der Waals surface area contributed by atoms with E-state index in [4.69, 9.17) is 14.0 Å². The molecule has 10 heteroatoms. The summed E-state index contributed by atoms with van der Waals surface area (Å²) in [5.41, 5.74) is -0.582. The number of hydrogen-bond acceptors (Lipinski definition) is 8. The molecule has 0 radical (unpaired) electrons. The van der Waals surface area contributed by atoms with E-state index in [0.717, 1.165) is 37.7 Å². The number of ketones is 1. The second-order valence-corrected chi connectivity index (χ2v) is 14.2. The number of fused-ring (bicyclic) bond motifs is 4. The number of ether oxygens (including phenoxy) is 2. The van der Waals surface area contributed by atoms with E-state index in [0.29, 0.717) is 24.2 Å². The third kappa shape index (κ3) is 3.52. The van der Waals surface area contributed by atoms with Crippen molar-refractivity contribution >= 4 is 22.2 Å².